The van der Waals surface area contributed by atoms with Crippen molar-refractivity contribution in [2.24, 2.45) is 11.5 Å². The van der Waals surface area contributed by atoms with E-state index in [1.54, 1.807) is 0 Å². The molecule has 0 saturated heterocycles. The molecule has 0 aliphatic carbocycles. The smallest absolute Gasteiger partial charge is 0.0373 e. The highest BCUT2D eigenvalue weighted by Gasteiger charge is 2.14. The van der Waals surface area contributed by atoms with Gasteiger partial charge in [0.2, 0.25) is 0 Å². The van der Waals surface area contributed by atoms with Crippen molar-refractivity contribution in [1.29, 1.82) is 0 Å². The van der Waals surface area contributed by atoms with E-state index in [4.69, 9.17) is 11.5 Å². The highest BCUT2D eigenvalue weighted by atomic mass is 14.9. The third-order valence-corrected chi connectivity index (χ3v) is 2.96. The van der Waals surface area contributed by atoms with Crippen LogP contribution in [0, 0.1) is 6.92 Å². The van der Waals surface area contributed by atoms with Gasteiger partial charge in [0.15, 0.2) is 0 Å². The minimum absolute atomic E-state index is 0.00712. The first kappa shape index (κ1) is 14.0. The average molecular weight is 235 g/mol. The van der Waals surface area contributed by atoms with Gasteiger partial charge in [0.1, 0.15) is 0 Å². The lowest BCUT2D eigenvalue weighted by atomic mass is 9.86. The molecule has 17 heavy (non-hydrogen) atoms. The van der Waals surface area contributed by atoms with Crippen molar-refractivity contribution in [3.05, 3.63) is 29.3 Å². The summed E-state index contributed by atoms with van der Waals surface area (Å²) >= 11 is 0. The molecule has 3 nitrogen and oxygen atoms in total. The number of hydrogen-bond donors (Lipinski definition) is 3. The standard InChI is InChI=1S/C14H25N3/c1-10-5-6-11(14(2,3)4)7-13(10)17-9-12(16)8-15/h5-7,12,17H,8-9,15-16H2,1-4H3. The van der Waals surface area contributed by atoms with Gasteiger partial charge in [-0.05, 0) is 29.5 Å². The monoisotopic (exact) mass is 235 g/mol. The number of nitrogens with two attached hydrogens (primary N) is 2. The van der Waals surface area contributed by atoms with E-state index in [1.165, 1.54) is 11.1 Å². The Morgan fingerprint density at radius 3 is 2.47 bits per heavy atom. The van der Waals surface area contributed by atoms with Gasteiger partial charge < -0.3 is 16.8 Å². The SMILES string of the molecule is Cc1ccc(C(C)(C)C)cc1NCC(N)CN. The van der Waals surface area contributed by atoms with Gasteiger partial charge in [0.25, 0.3) is 0 Å². The lowest BCUT2D eigenvalue weighted by molar-refractivity contribution is 0.590. The average Bonchev–Trinajstić information content (AvgIpc) is 2.26. The van der Waals surface area contributed by atoms with E-state index >= 15 is 0 Å². The first-order chi connectivity index (χ1) is 7.84. The minimum atomic E-state index is 0.00712. The molecule has 96 valence electrons. The molecule has 0 fully saturated rings. The zero-order valence-electron chi connectivity index (χ0n) is 11.4. The van der Waals surface area contributed by atoms with Crippen LogP contribution >= 0.6 is 0 Å². The number of nitrogens with one attached hydrogen (secondary N) is 1. The van der Waals surface area contributed by atoms with Gasteiger partial charge >= 0.3 is 0 Å². The van der Waals surface area contributed by atoms with E-state index in [0.717, 1.165) is 5.69 Å². The maximum absolute atomic E-state index is 5.81. The van der Waals surface area contributed by atoms with Crippen LogP contribution in [-0.4, -0.2) is 19.1 Å². The van der Waals surface area contributed by atoms with Crippen LogP contribution < -0.4 is 16.8 Å². The van der Waals surface area contributed by atoms with Crippen molar-refractivity contribution in [1.82, 2.24) is 0 Å². The van der Waals surface area contributed by atoms with Crippen LogP contribution in [0.1, 0.15) is 31.9 Å². The Bertz CT molecular complexity index is 366. The fraction of sp³-hybridized carbons (Fsp3) is 0.571. The summed E-state index contributed by atoms with van der Waals surface area (Å²) in [5, 5.41) is 3.37. The second-order valence-corrected chi connectivity index (χ2v) is 5.66. The van der Waals surface area contributed by atoms with Crippen LogP contribution in [0.4, 0.5) is 5.69 Å². The highest BCUT2D eigenvalue weighted by Crippen LogP contribution is 2.26. The van der Waals surface area contributed by atoms with E-state index in [1.807, 2.05) is 0 Å². The molecule has 0 aromatic heterocycles. The third kappa shape index (κ3) is 4.02. The summed E-state index contributed by atoms with van der Waals surface area (Å²) in [6.45, 7) is 9.96. The Hall–Kier alpha value is -1.06. The summed E-state index contributed by atoms with van der Waals surface area (Å²) in [6.07, 6.45) is 0. The van der Waals surface area contributed by atoms with E-state index in [2.05, 4.69) is 51.2 Å². The predicted octanol–water partition coefficient (Wildman–Crippen LogP) is 1.99. The van der Waals surface area contributed by atoms with Gasteiger partial charge in [-0.1, -0.05) is 32.9 Å². The van der Waals surface area contributed by atoms with Crippen LogP contribution in [0.25, 0.3) is 0 Å². The second kappa shape index (κ2) is 5.52. The number of anilines is 1. The van der Waals surface area contributed by atoms with E-state index in [9.17, 15) is 0 Å². The van der Waals surface area contributed by atoms with Crippen molar-refractivity contribution < 1.29 is 0 Å². The fourth-order valence-corrected chi connectivity index (χ4v) is 1.60. The first-order valence-corrected chi connectivity index (χ1v) is 6.15. The molecule has 0 saturated carbocycles. The molecular formula is C14H25N3. The van der Waals surface area contributed by atoms with Crippen molar-refractivity contribution in [2.75, 3.05) is 18.4 Å². The molecule has 1 unspecified atom stereocenters. The molecule has 0 radical (unpaired) electrons. The van der Waals surface area contributed by atoms with Gasteiger partial charge in [-0.2, -0.15) is 0 Å². The summed E-state index contributed by atoms with van der Waals surface area (Å²) in [5.74, 6) is 0. The Balaban J connectivity index is 2.84. The van der Waals surface area contributed by atoms with Gasteiger partial charge in [-0.25, -0.2) is 0 Å². The van der Waals surface area contributed by atoms with Gasteiger partial charge in [-0.3, -0.25) is 0 Å². The molecule has 1 atom stereocenters. The van der Waals surface area contributed by atoms with E-state index < -0.39 is 0 Å². The lowest BCUT2D eigenvalue weighted by Crippen LogP contribution is -2.36. The third-order valence-electron chi connectivity index (χ3n) is 2.96. The predicted molar refractivity (Wildman–Crippen MR) is 75.4 cm³/mol. The molecule has 0 heterocycles. The molecule has 0 aliphatic heterocycles. The van der Waals surface area contributed by atoms with Crippen molar-refractivity contribution in [3.63, 3.8) is 0 Å². The molecule has 5 N–H and O–H groups in total. The molecule has 1 rings (SSSR count). The van der Waals surface area contributed by atoms with E-state index in [0.29, 0.717) is 13.1 Å². The summed E-state index contributed by atoms with van der Waals surface area (Å²) in [7, 11) is 0. The summed E-state index contributed by atoms with van der Waals surface area (Å²) in [5.41, 5.74) is 15.2. The molecule has 0 bridgehead atoms. The molecule has 1 aromatic carbocycles. The molecular weight excluding hydrogens is 210 g/mol. The molecule has 1 aromatic rings. The Labute approximate surface area is 105 Å². The summed E-state index contributed by atoms with van der Waals surface area (Å²) in [4.78, 5) is 0. The fourth-order valence-electron chi connectivity index (χ4n) is 1.60. The largest absolute Gasteiger partial charge is 0.383 e. The second-order valence-electron chi connectivity index (χ2n) is 5.66. The van der Waals surface area contributed by atoms with Crippen molar-refractivity contribution in [3.8, 4) is 0 Å². The maximum atomic E-state index is 5.81. The number of hydrogen-bond acceptors (Lipinski definition) is 3. The number of rotatable bonds is 4. The quantitative estimate of drug-likeness (QED) is 0.748. The number of benzene rings is 1. The Morgan fingerprint density at radius 2 is 1.94 bits per heavy atom. The van der Waals surface area contributed by atoms with Gasteiger partial charge in [-0.15, -0.1) is 0 Å². The molecule has 0 amide bonds. The summed E-state index contributed by atoms with van der Waals surface area (Å²) < 4.78 is 0. The topological polar surface area (TPSA) is 64.1 Å². The maximum Gasteiger partial charge on any atom is 0.0373 e. The van der Waals surface area contributed by atoms with Crippen molar-refractivity contribution >= 4 is 5.69 Å². The van der Waals surface area contributed by atoms with Crippen LogP contribution in [-0.2, 0) is 5.41 Å². The number of aryl methyl sites for hydroxylation is 1. The molecule has 3 heteroatoms. The van der Waals surface area contributed by atoms with Crippen LogP contribution in [0.15, 0.2) is 18.2 Å². The molecule has 0 spiro atoms. The Kier molecular flexibility index (Phi) is 4.54. The van der Waals surface area contributed by atoms with Crippen LogP contribution in [0.5, 0.6) is 0 Å². The summed E-state index contributed by atoms with van der Waals surface area (Å²) in [6, 6.07) is 6.55. The minimum Gasteiger partial charge on any atom is -0.383 e. The first-order valence-electron chi connectivity index (χ1n) is 6.15. The highest BCUT2D eigenvalue weighted by molar-refractivity contribution is 5.53. The zero-order chi connectivity index (χ0) is 13.1. The van der Waals surface area contributed by atoms with Gasteiger partial charge in [0, 0.05) is 24.8 Å². The van der Waals surface area contributed by atoms with Gasteiger partial charge in [0.05, 0.1) is 0 Å². The molecule has 0 aliphatic rings. The zero-order valence-corrected chi connectivity index (χ0v) is 11.4. The van der Waals surface area contributed by atoms with E-state index in [-0.39, 0.29) is 11.5 Å². The normalized spacial score (nSPS) is 13.5. The van der Waals surface area contributed by atoms with Crippen LogP contribution in [0.3, 0.4) is 0 Å². The Morgan fingerprint density at radius 1 is 1.29 bits per heavy atom. The lowest BCUT2D eigenvalue weighted by Gasteiger charge is -2.22. The van der Waals surface area contributed by atoms with Crippen LogP contribution in [0.2, 0.25) is 0 Å². The van der Waals surface area contributed by atoms with Crippen molar-refractivity contribution in [2.45, 2.75) is 39.2 Å².